The van der Waals surface area contributed by atoms with E-state index in [1.54, 1.807) is 18.2 Å². The van der Waals surface area contributed by atoms with Crippen LogP contribution >= 0.6 is 11.6 Å². The summed E-state index contributed by atoms with van der Waals surface area (Å²) in [6, 6.07) is 5.00. The largest absolute Gasteiger partial charge is 0.508 e. The standard InChI is InChI=1S/C12H16ClNO/c13-9-5-6-11(15)10(7-9)12(14)8-3-1-2-4-8/h5-8,12,15H,1-4,14H2/t12-/m1/s1. The molecule has 0 aliphatic heterocycles. The van der Waals surface area contributed by atoms with Crippen molar-refractivity contribution in [1.82, 2.24) is 0 Å². The zero-order valence-electron chi connectivity index (χ0n) is 8.62. The van der Waals surface area contributed by atoms with Crippen molar-refractivity contribution in [2.45, 2.75) is 31.7 Å². The molecule has 0 aromatic heterocycles. The number of phenols is 1. The normalized spacial score (nSPS) is 19.3. The van der Waals surface area contributed by atoms with Crippen molar-refractivity contribution in [1.29, 1.82) is 0 Å². The maximum Gasteiger partial charge on any atom is 0.120 e. The molecule has 2 nitrogen and oxygen atoms in total. The summed E-state index contributed by atoms with van der Waals surface area (Å²) in [6.07, 6.45) is 4.82. The molecule has 0 spiro atoms. The van der Waals surface area contributed by atoms with Crippen LogP contribution < -0.4 is 5.73 Å². The van der Waals surface area contributed by atoms with E-state index < -0.39 is 0 Å². The topological polar surface area (TPSA) is 46.2 Å². The Balaban J connectivity index is 2.23. The minimum absolute atomic E-state index is 0.0776. The van der Waals surface area contributed by atoms with E-state index in [1.165, 1.54) is 12.8 Å². The molecule has 1 aliphatic rings. The van der Waals surface area contributed by atoms with Crippen LogP contribution in [0, 0.1) is 5.92 Å². The third-order valence-electron chi connectivity index (χ3n) is 3.26. The SMILES string of the molecule is N[C@@H](c1cc(Cl)ccc1O)C1CCCC1. The van der Waals surface area contributed by atoms with Gasteiger partial charge in [0, 0.05) is 16.6 Å². The average Bonchev–Trinajstić information content (AvgIpc) is 2.74. The highest BCUT2D eigenvalue weighted by Crippen LogP contribution is 2.37. The van der Waals surface area contributed by atoms with Gasteiger partial charge in [-0.25, -0.2) is 0 Å². The Hall–Kier alpha value is -0.730. The second-order valence-electron chi connectivity index (χ2n) is 4.27. The molecule has 0 heterocycles. The van der Waals surface area contributed by atoms with Crippen molar-refractivity contribution >= 4 is 11.6 Å². The van der Waals surface area contributed by atoms with Gasteiger partial charge < -0.3 is 10.8 Å². The summed E-state index contributed by atoms with van der Waals surface area (Å²) in [5, 5.41) is 10.4. The second kappa shape index (κ2) is 4.42. The molecule has 0 unspecified atom stereocenters. The van der Waals surface area contributed by atoms with Crippen molar-refractivity contribution in [3.8, 4) is 5.75 Å². The van der Waals surface area contributed by atoms with E-state index in [-0.39, 0.29) is 11.8 Å². The Morgan fingerprint density at radius 3 is 2.67 bits per heavy atom. The van der Waals surface area contributed by atoms with E-state index >= 15 is 0 Å². The molecule has 1 aromatic rings. The number of phenolic OH excluding ortho intramolecular Hbond substituents is 1. The van der Waals surface area contributed by atoms with E-state index in [9.17, 15) is 5.11 Å². The predicted octanol–water partition coefficient (Wildman–Crippen LogP) is 3.24. The molecule has 0 bridgehead atoms. The Morgan fingerprint density at radius 2 is 2.00 bits per heavy atom. The van der Waals surface area contributed by atoms with Gasteiger partial charge in [-0.05, 0) is 37.0 Å². The molecule has 3 heteroatoms. The Morgan fingerprint density at radius 1 is 1.33 bits per heavy atom. The van der Waals surface area contributed by atoms with Gasteiger partial charge >= 0.3 is 0 Å². The predicted molar refractivity (Wildman–Crippen MR) is 62.0 cm³/mol. The van der Waals surface area contributed by atoms with Crippen LogP contribution in [0.2, 0.25) is 5.02 Å². The zero-order chi connectivity index (χ0) is 10.8. The van der Waals surface area contributed by atoms with Gasteiger partial charge in [-0.15, -0.1) is 0 Å². The molecule has 1 saturated carbocycles. The highest BCUT2D eigenvalue weighted by Gasteiger charge is 2.25. The maximum atomic E-state index is 9.73. The van der Waals surface area contributed by atoms with Crippen molar-refractivity contribution in [3.63, 3.8) is 0 Å². The van der Waals surface area contributed by atoms with Crippen LogP contribution in [-0.4, -0.2) is 5.11 Å². The molecule has 2 rings (SSSR count). The van der Waals surface area contributed by atoms with E-state index in [2.05, 4.69) is 0 Å². The number of hydrogen-bond acceptors (Lipinski definition) is 2. The van der Waals surface area contributed by atoms with E-state index in [0.717, 1.165) is 18.4 Å². The van der Waals surface area contributed by atoms with Gasteiger partial charge in [-0.2, -0.15) is 0 Å². The molecule has 0 amide bonds. The first kappa shape index (κ1) is 10.8. The molecule has 0 radical (unpaired) electrons. The lowest BCUT2D eigenvalue weighted by molar-refractivity contribution is 0.412. The monoisotopic (exact) mass is 225 g/mol. The minimum atomic E-state index is -0.0776. The Kier molecular flexibility index (Phi) is 3.17. The summed E-state index contributed by atoms with van der Waals surface area (Å²) in [5.74, 6) is 0.758. The first-order valence-electron chi connectivity index (χ1n) is 5.42. The number of hydrogen-bond donors (Lipinski definition) is 2. The fourth-order valence-electron chi connectivity index (χ4n) is 2.36. The number of nitrogens with two attached hydrogens (primary N) is 1. The van der Waals surface area contributed by atoms with E-state index in [0.29, 0.717) is 10.9 Å². The van der Waals surface area contributed by atoms with Crippen LogP contribution in [0.4, 0.5) is 0 Å². The number of aromatic hydroxyl groups is 1. The molecular weight excluding hydrogens is 210 g/mol. The Labute approximate surface area is 95.1 Å². The third-order valence-corrected chi connectivity index (χ3v) is 3.49. The van der Waals surface area contributed by atoms with Gasteiger partial charge in [-0.1, -0.05) is 24.4 Å². The molecule has 1 atom stereocenters. The fraction of sp³-hybridized carbons (Fsp3) is 0.500. The highest BCUT2D eigenvalue weighted by molar-refractivity contribution is 6.30. The van der Waals surface area contributed by atoms with Gasteiger partial charge in [0.15, 0.2) is 0 Å². The van der Waals surface area contributed by atoms with Crippen molar-refractivity contribution in [3.05, 3.63) is 28.8 Å². The van der Waals surface area contributed by atoms with Crippen molar-refractivity contribution in [2.24, 2.45) is 11.7 Å². The van der Waals surface area contributed by atoms with Crippen LogP contribution in [0.25, 0.3) is 0 Å². The lowest BCUT2D eigenvalue weighted by Gasteiger charge is -2.20. The van der Waals surface area contributed by atoms with Crippen LogP contribution in [0.3, 0.4) is 0 Å². The quantitative estimate of drug-likeness (QED) is 0.812. The maximum absolute atomic E-state index is 9.73. The van der Waals surface area contributed by atoms with Gasteiger partial charge in [0.05, 0.1) is 0 Å². The number of benzene rings is 1. The molecule has 1 aromatic carbocycles. The molecule has 82 valence electrons. The average molecular weight is 226 g/mol. The number of halogens is 1. The van der Waals surface area contributed by atoms with E-state index in [1.807, 2.05) is 0 Å². The van der Waals surface area contributed by atoms with Gasteiger partial charge in [0.25, 0.3) is 0 Å². The first-order valence-corrected chi connectivity index (χ1v) is 5.80. The third kappa shape index (κ3) is 2.27. The zero-order valence-corrected chi connectivity index (χ0v) is 9.37. The lowest BCUT2D eigenvalue weighted by atomic mass is 9.92. The summed E-state index contributed by atoms with van der Waals surface area (Å²) in [6.45, 7) is 0. The van der Waals surface area contributed by atoms with Crippen molar-refractivity contribution < 1.29 is 5.11 Å². The summed E-state index contributed by atoms with van der Waals surface area (Å²) in [7, 11) is 0. The molecule has 3 N–H and O–H groups in total. The number of rotatable bonds is 2. The summed E-state index contributed by atoms with van der Waals surface area (Å²) < 4.78 is 0. The summed E-state index contributed by atoms with van der Waals surface area (Å²) in [5.41, 5.74) is 6.94. The smallest absolute Gasteiger partial charge is 0.120 e. The van der Waals surface area contributed by atoms with E-state index in [4.69, 9.17) is 17.3 Å². The second-order valence-corrected chi connectivity index (χ2v) is 4.71. The minimum Gasteiger partial charge on any atom is -0.508 e. The summed E-state index contributed by atoms with van der Waals surface area (Å²) >= 11 is 5.90. The first-order chi connectivity index (χ1) is 7.18. The van der Waals surface area contributed by atoms with Crippen LogP contribution in [0.15, 0.2) is 18.2 Å². The lowest BCUT2D eigenvalue weighted by Crippen LogP contribution is -2.19. The molecule has 0 saturated heterocycles. The van der Waals surface area contributed by atoms with Crippen molar-refractivity contribution in [2.75, 3.05) is 0 Å². The van der Waals surface area contributed by atoms with Gasteiger partial charge in [0.1, 0.15) is 5.75 Å². The van der Waals surface area contributed by atoms with Crippen LogP contribution in [0.1, 0.15) is 37.3 Å². The fourth-order valence-corrected chi connectivity index (χ4v) is 2.54. The summed E-state index contributed by atoms with van der Waals surface area (Å²) in [4.78, 5) is 0. The van der Waals surface area contributed by atoms with Gasteiger partial charge in [-0.3, -0.25) is 0 Å². The van der Waals surface area contributed by atoms with Crippen LogP contribution in [0.5, 0.6) is 5.75 Å². The van der Waals surface area contributed by atoms with Gasteiger partial charge in [0.2, 0.25) is 0 Å². The molecule has 1 fully saturated rings. The van der Waals surface area contributed by atoms with Crippen LogP contribution in [-0.2, 0) is 0 Å². The molecule has 15 heavy (non-hydrogen) atoms. The Bertz CT molecular complexity index is 347. The highest BCUT2D eigenvalue weighted by atomic mass is 35.5. The molecule has 1 aliphatic carbocycles. The molecular formula is C12H16ClNO.